The molecule has 2 N–H and O–H groups in total. The van der Waals surface area contributed by atoms with Crippen molar-refractivity contribution in [1.29, 1.82) is 0 Å². The molecular weight excluding hydrogens is 441 g/mol. The lowest BCUT2D eigenvalue weighted by Gasteiger charge is -2.13. The summed E-state index contributed by atoms with van der Waals surface area (Å²) in [6.45, 7) is 1.24. The molecule has 3 aromatic rings. The number of nitro benzene ring substituents is 1. The van der Waals surface area contributed by atoms with Gasteiger partial charge in [0, 0.05) is 36.3 Å². The van der Waals surface area contributed by atoms with Gasteiger partial charge in [0.2, 0.25) is 0 Å². The van der Waals surface area contributed by atoms with Gasteiger partial charge in [-0.25, -0.2) is 4.79 Å². The molecule has 1 aliphatic heterocycles. The van der Waals surface area contributed by atoms with E-state index in [2.05, 4.69) is 15.3 Å². The van der Waals surface area contributed by atoms with Gasteiger partial charge in [-0.05, 0) is 41.5 Å². The second-order valence-corrected chi connectivity index (χ2v) is 6.73. The van der Waals surface area contributed by atoms with Crippen LogP contribution in [-0.4, -0.2) is 46.0 Å². The zero-order valence-electron chi connectivity index (χ0n) is 16.9. The van der Waals surface area contributed by atoms with Crippen molar-refractivity contribution in [2.24, 2.45) is 4.99 Å². The summed E-state index contributed by atoms with van der Waals surface area (Å²) in [5.41, 5.74) is 5.09. The Morgan fingerprint density at radius 3 is 2.33 bits per heavy atom. The monoisotopic (exact) mass is 458 g/mol. The second kappa shape index (κ2) is 9.90. The summed E-state index contributed by atoms with van der Waals surface area (Å²) in [4.78, 5) is 28.7. The number of nitrogens with zero attached hydrogens (tertiary/aromatic N) is 3. The molecule has 1 aromatic heterocycles. The number of nitro groups is 1. The number of alkyl halides is 3. The molecule has 2 heterocycles. The van der Waals surface area contributed by atoms with E-state index in [0.29, 0.717) is 24.4 Å². The number of nitrogens with one attached hydrogen (secondary N) is 1. The fraction of sp³-hybridized carbons (Fsp3) is 0.136. The minimum absolute atomic E-state index is 0.0633. The third-order valence-corrected chi connectivity index (χ3v) is 4.58. The van der Waals surface area contributed by atoms with E-state index >= 15 is 0 Å². The van der Waals surface area contributed by atoms with Crippen LogP contribution in [0.3, 0.4) is 0 Å². The number of aliphatic imine (C=N–C) groups is 1. The van der Waals surface area contributed by atoms with Gasteiger partial charge in [-0.3, -0.25) is 20.1 Å². The van der Waals surface area contributed by atoms with Gasteiger partial charge < -0.3 is 10.4 Å². The minimum atomic E-state index is -5.08. The number of para-hydroxylation sites is 1. The lowest BCUT2D eigenvalue weighted by atomic mass is 9.95. The molecular formula is C22H17F3N4O4. The summed E-state index contributed by atoms with van der Waals surface area (Å²) in [7, 11) is 0. The second-order valence-electron chi connectivity index (χ2n) is 6.73. The quantitative estimate of drug-likeness (QED) is 0.439. The first-order valence-electron chi connectivity index (χ1n) is 9.55. The average molecular weight is 458 g/mol. The van der Waals surface area contributed by atoms with E-state index in [4.69, 9.17) is 9.90 Å². The number of halogens is 3. The van der Waals surface area contributed by atoms with E-state index in [9.17, 15) is 23.3 Å². The summed E-state index contributed by atoms with van der Waals surface area (Å²) in [6.07, 6.45) is -1.59. The van der Waals surface area contributed by atoms with Crippen molar-refractivity contribution in [3.05, 3.63) is 88.2 Å². The highest BCUT2D eigenvalue weighted by molar-refractivity contribution is 6.18. The number of hydrogen-bond donors (Lipinski definition) is 2. The Labute approximate surface area is 185 Å². The molecule has 0 radical (unpaired) electrons. The van der Waals surface area contributed by atoms with E-state index in [1.54, 1.807) is 30.6 Å². The van der Waals surface area contributed by atoms with Crippen molar-refractivity contribution in [3.63, 3.8) is 0 Å². The van der Waals surface area contributed by atoms with Gasteiger partial charge in [0.15, 0.2) is 0 Å². The molecule has 1 aliphatic rings. The molecule has 0 aliphatic carbocycles. The molecule has 0 spiro atoms. The van der Waals surface area contributed by atoms with Crippen LogP contribution in [0, 0.1) is 10.1 Å². The van der Waals surface area contributed by atoms with Crippen molar-refractivity contribution >= 4 is 23.1 Å². The molecule has 33 heavy (non-hydrogen) atoms. The third kappa shape index (κ3) is 5.70. The van der Waals surface area contributed by atoms with Crippen LogP contribution in [0.1, 0.15) is 11.1 Å². The highest BCUT2D eigenvalue weighted by atomic mass is 19.4. The number of fused-ring (bicyclic) bond motifs is 1. The summed E-state index contributed by atoms with van der Waals surface area (Å²) >= 11 is 0. The van der Waals surface area contributed by atoms with Gasteiger partial charge in [-0.1, -0.05) is 18.2 Å². The lowest BCUT2D eigenvalue weighted by molar-refractivity contribution is -0.385. The van der Waals surface area contributed by atoms with Crippen LogP contribution in [0.25, 0.3) is 11.1 Å². The van der Waals surface area contributed by atoms with Gasteiger partial charge in [0.1, 0.15) is 0 Å². The standard InChI is InChI=1S/C20H16N4O2.C2HF3O2/c25-24(26)19-4-2-1-3-16(19)20-17-13-15(14-7-9-21-10-8-14)5-6-18(17)22-11-12-23-20;3-2(4,5)1(6)7/h1-10,13,22H,11-12H2;(H,6,7). The van der Waals surface area contributed by atoms with Crippen LogP contribution >= 0.6 is 0 Å². The molecule has 0 saturated heterocycles. The van der Waals surface area contributed by atoms with E-state index in [0.717, 1.165) is 22.4 Å². The first kappa shape index (κ1) is 23.4. The SMILES string of the molecule is O=C(O)C(F)(F)F.O=[N+]([O-])c1ccccc1C1=NCCNc2ccc(-c3ccncc3)cc21. The number of benzene rings is 2. The van der Waals surface area contributed by atoms with Gasteiger partial charge >= 0.3 is 12.1 Å². The fourth-order valence-corrected chi connectivity index (χ4v) is 3.13. The zero-order chi connectivity index (χ0) is 24.0. The summed E-state index contributed by atoms with van der Waals surface area (Å²) in [6, 6.07) is 16.7. The van der Waals surface area contributed by atoms with E-state index in [1.807, 2.05) is 30.3 Å². The van der Waals surface area contributed by atoms with Crippen molar-refractivity contribution in [3.8, 4) is 11.1 Å². The van der Waals surface area contributed by atoms with Crippen LogP contribution in [0.2, 0.25) is 0 Å². The molecule has 2 aromatic carbocycles. The number of aliphatic carboxylic acids is 1. The highest BCUT2D eigenvalue weighted by Crippen LogP contribution is 2.31. The Morgan fingerprint density at radius 2 is 1.70 bits per heavy atom. The first-order valence-corrected chi connectivity index (χ1v) is 9.55. The number of aromatic nitrogens is 1. The van der Waals surface area contributed by atoms with Crippen molar-refractivity contribution < 1.29 is 28.0 Å². The predicted molar refractivity (Wildman–Crippen MR) is 115 cm³/mol. The number of benzodiazepines with no additional fused rings is 1. The molecule has 0 amide bonds. The number of pyridine rings is 1. The molecule has 0 atom stereocenters. The van der Waals surface area contributed by atoms with Crippen LogP contribution in [-0.2, 0) is 4.79 Å². The lowest BCUT2D eigenvalue weighted by Crippen LogP contribution is -2.21. The maximum absolute atomic E-state index is 11.5. The Balaban J connectivity index is 0.000000383. The summed E-state index contributed by atoms with van der Waals surface area (Å²) in [5, 5.41) is 22.0. The molecule has 11 heteroatoms. The fourth-order valence-electron chi connectivity index (χ4n) is 3.13. The highest BCUT2D eigenvalue weighted by Gasteiger charge is 2.38. The Morgan fingerprint density at radius 1 is 1.03 bits per heavy atom. The number of carboxylic acid groups (broad SMARTS) is 1. The first-order chi connectivity index (χ1) is 15.7. The number of anilines is 1. The van der Waals surface area contributed by atoms with Gasteiger partial charge in [0.25, 0.3) is 5.69 Å². The number of carbonyl (C=O) groups is 1. The third-order valence-electron chi connectivity index (χ3n) is 4.58. The summed E-state index contributed by atoms with van der Waals surface area (Å²) < 4.78 is 31.7. The zero-order valence-corrected chi connectivity index (χ0v) is 16.9. The van der Waals surface area contributed by atoms with Gasteiger partial charge in [-0.2, -0.15) is 13.2 Å². The number of carboxylic acids is 1. The van der Waals surface area contributed by atoms with E-state index < -0.39 is 12.1 Å². The largest absolute Gasteiger partial charge is 0.490 e. The van der Waals surface area contributed by atoms with Gasteiger partial charge in [0.05, 0.1) is 22.7 Å². The molecule has 0 unspecified atom stereocenters. The van der Waals surface area contributed by atoms with Crippen molar-refractivity contribution in [1.82, 2.24) is 4.98 Å². The topological polar surface area (TPSA) is 118 Å². The van der Waals surface area contributed by atoms with Crippen LogP contribution in [0.5, 0.6) is 0 Å². The minimum Gasteiger partial charge on any atom is -0.475 e. The smallest absolute Gasteiger partial charge is 0.475 e. The Hall–Kier alpha value is -4.28. The summed E-state index contributed by atoms with van der Waals surface area (Å²) in [5.74, 6) is -2.76. The maximum atomic E-state index is 11.5. The molecule has 0 saturated carbocycles. The molecule has 170 valence electrons. The van der Waals surface area contributed by atoms with Crippen molar-refractivity contribution in [2.45, 2.75) is 6.18 Å². The molecule has 0 bridgehead atoms. The van der Waals surface area contributed by atoms with Crippen LogP contribution in [0.4, 0.5) is 24.5 Å². The Bertz CT molecular complexity index is 1200. The van der Waals surface area contributed by atoms with Gasteiger partial charge in [-0.15, -0.1) is 0 Å². The average Bonchev–Trinajstić information content (AvgIpc) is 3.01. The Kier molecular flexibility index (Phi) is 7.01. The van der Waals surface area contributed by atoms with Crippen LogP contribution in [0.15, 0.2) is 72.0 Å². The maximum Gasteiger partial charge on any atom is 0.490 e. The van der Waals surface area contributed by atoms with E-state index in [-0.39, 0.29) is 10.6 Å². The molecule has 0 fully saturated rings. The number of rotatable bonds is 3. The van der Waals surface area contributed by atoms with Crippen LogP contribution < -0.4 is 5.32 Å². The normalized spacial score (nSPS) is 12.8. The molecule has 8 nitrogen and oxygen atoms in total. The molecule has 4 rings (SSSR count). The van der Waals surface area contributed by atoms with Crippen molar-refractivity contribution in [2.75, 3.05) is 18.4 Å². The van der Waals surface area contributed by atoms with E-state index in [1.165, 1.54) is 6.07 Å². The predicted octanol–water partition coefficient (Wildman–Crippen LogP) is 4.55. The number of hydrogen-bond acceptors (Lipinski definition) is 6.